The molecule has 30 heavy (non-hydrogen) atoms. The molecule has 1 amide bonds. The number of carbonyl (C=O) groups is 1. The first-order valence-electron chi connectivity index (χ1n) is 10.0. The van der Waals surface area contributed by atoms with Gasteiger partial charge in [0, 0.05) is 37.1 Å². The third-order valence-electron chi connectivity index (χ3n) is 5.13. The second kappa shape index (κ2) is 8.98. The van der Waals surface area contributed by atoms with Crippen molar-refractivity contribution in [2.75, 3.05) is 20.8 Å². The van der Waals surface area contributed by atoms with Crippen LogP contribution in [0, 0.1) is 5.92 Å². The molecule has 156 valence electrons. The van der Waals surface area contributed by atoms with Gasteiger partial charge in [-0.3, -0.25) is 4.79 Å². The number of hydrogen-bond donors (Lipinski definition) is 0. The Labute approximate surface area is 175 Å². The zero-order valence-electron chi connectivity index (χ0n) is 17.2. The van der Waals surface area contributed by atoms with E-state index in [1.165, 1.54) is 0 Å². The molecule has 1 saturated carbocycles. The molecule has 1 aliphatic carbocycles. The van der Waals surface area contributed by atoms with Gasteiger partial charge in [-0.25, -0.2) is 0 Å². The molecule has 0 spiro atoms. The van der Waals surface area contributed by atoms with E-state index in [4.69, 9.17) is 14.0 Å². The minimum atomic E-state index is 0.163. The number of amides is 1. The maximum atomic E-state index is 12.7. The van der Waals surface area contributed by atoms with Gasteiger partial charge in [0.1, 0.15) is 11.5 Å². The fraction of sp³-hybridized carbons (Fsp3) is 0.348. The van der Waals surface area contributed by atoms with Gasteiger partial charge in [-0.15, -0.1) is 0 Å². The SMILES string of the molecule is COc1cc(OC)cc(-c2noc(CCN(Cc3ccccc3)C(=O)C3CC3)n2)c1. The number of aromatic nitrogens is 2. The van der Waals surface area contributed by atoms with Crippen molar-refractivity contribution in [3.05, 3.63) is 60.0 Å². The van der Waals surface area contributed by atoms with Crippen molar-refractivity contribution in [1.29, 1.82) is 0 Å². The van der Waals surface area contributed by atoms with Gasteiger partial charge >= 0.3 is 0 Å². The van der Waals surface area contributed by atoms with Gasteiger partial charge in [0.2, 0.25) is 17.6 Å². The Morgan fingerprint density at radius 3 is 2.43 bits per heavy atom. The monoisotopic (exact) mass is 407 g/mol. The number of hydrogen-bond acceptors (Lipinski definition) is 6. The van der Waals surface area contributed by atoms with Crippen molar-refractivity contribution in [3.8, 4) is 22.9 Å². The van der Waals surface area contributed by atoms with Gasteiger partial charge in [-0.2, -0.15) is 4.98 Å². The first-order valence-corrected chi connectivity index (χ1v) is 10.0. The van der Waals surface area contributed by atoms with Crippen molar-refractivity contribution in [3.63, 3.8) is 0 Å². The highest BCUT2D eigenvalue weighted by molar-refractivity contribution is 5.81. The normalized spacial score (nSPS) is 13.1. The van der Waals surface area contributed by atoms with E-state index in [9.17, 15) is 4.79 Å². The Kier molecular flexibility index (Phi) is 5.97. The third-order valence-corrected chi connectivity index (χ3v) is 5.13. The summed E-state index contributed by atoms with van der Waals surface area (Å²) >= 11 is 0. The zero-order valence-corrected chi connectivity index (χ0v) is 17.2. The molecule has 3 aromatic rings. The molecule has 0 aliphatic heterocycles. The van der Waals surface area contributed by atoms with Crippen LogP contribution in [-0.4, -0.2) is 41.7 Å². The number of rotatable bonds is 9. The molecule has 0 radical (unpaired) electrons. The minimum absolute atomic E-state index is 0.163. The van der Waals surface area contributed by atoms with Crippen LogP contribution in [0.1, 0.15) is 24.3 Å². The van der Waals surface area contributed by atoms with E-state index >= 15 is 0 Å². The standard InChI is InChI=1S/C23H25N3O4/c1-28-19-12-18(13-20(14-19)29-2)22-24-21(30-25-22)10-11-26(23(27)17-8-9-17)15-16-6-4-3-5-7-16/h3-7,12-14,17H,8-11,15H2,1-2H3. The average Bonchev–Trinajstić information content (AvgIpc) is 3.54. The van der Waals surface area contributed by atoms with Crippen LogP contribution in [0.15, 0.2) is 53.1 Å². The summed E-state index contributed by atoms with van der Waals surface area (Å²) in [6.45, 7) is 1.12. The number of nitrogens with zero attached hydrogens (tertiary/aromatic N) is 3. The molecule has 0 saturated heterocycles. The maximum absolute atomic E-state index is 12.7. The lowest BCUT2D eigenvalue weighted by Gasteiger charge is -2.22. The van der Waals surface area contributed by atoms with E-state index in [0.29, 0.717) is 42.7 Å². The Hall–Kier alpha value is -3.35. The molecule has 1 aliphatic rings. The topological polar surface area (TPSA) is 77.7 Å². The van der Waals surface area contributed by atoms with Gasteiger partial charge in [-0.1, -0.05) is 35.5 Å². The molecule has 1 fully saturated rings. The van der Waals surface area contributed by atoms with Crippen LogP contribution in [0.3, 0.4) is 0 Å². The summed E-state index contributed by atoms with van der Waals surface area (Å²) in [5.41, 5.74) is 1.86. The van der Waals surface area contributed by atoms with E-state index in [0.717, 1.165) is 24.0 Å². The van der Waals surface area contributed by atoms with Crippen LogP contribution in [0.4, 0.5) is 0 Å². The van der Waals surface area contributed by atoms with E-state index in [1.54, 1.807) is 20.3 Å². The van der Waals surface area contributed by atoms with Crippen LogP contribution in [0.25, 0.3) is 11.4 Å². The van der Waals surface area contributed by atoms with Gasteiger partial charge in [0.05, 0.1) is 14.2 Å². The Morgan fingerprint density at radius 1 is 1.10 bits per heavy atom. The molecule has 4 rings (SSSR count). The fourth-order valence-electron chi connectivity index (χ4n) is 3.30. The Balaban J connectivity index is 1.46. The largest absolute Gasteiger partial charge is 0.497 e. The summed E-state index contributed by atoms with van der Waals surface area (Å²) < 4.78 is 16.1. The molecule has 1 aromatic heterocycles. The van der Waals surface area contributed by atoms with Crippen LogP contribution in [0.2, 0.25) is 0 Å². The van der Waals surface area contributed by atoms with Crippen LogP contribution >= 0.6 is 0 Å². The van der Waals surface area contributed by atoms with Gasteiger partial charge in [-0.05, 0) is 30.5 Å². The summed E-state index contributed by atoms with van der Waals surface area (Å²) in [5, 5.41) is 4.09. The molecule has 7 nitrogen and oxygen atoms in total. The maximum Gasteiger partial charge on any atom is 0.228 e. The summed E-state index contributed by atoms with van der Waals surface area (Å²) in [5.74, 6) is 2.63. The van der Waals surface area contributed by atoms with Crippen molar-refractivity contribution >= 4 is 5.91 Å². The number of benzene rings is 2. The van der Waals surface area contributed by atoms with E-state index in [-0.39, 0.29) is 11.8 Å². The predicted molar refractivity (Wildman–Crippen MR) is 111 cm³/mol. The van der Waals surface area contributed by atoms with E-state index in [2.05, 4.69) is 10.1 Å². The summed E-state index contributed by atoms with van der Waals surface area (Å²) in [7, 11) is 3.19. The predicted octanol–water partition coefficient (Wildman–Crippen LogP) is 3.74. The number of methoxy groups -OCH3 is 2. The average molecular weight is 407 g/mol. The van der Waals surface area contributed by atoms with Crippen LogP contribution in [0.5, 0.6) is 11.5 Å². The molecular formula is C23H25N3O4. The Bertz CT molecular complexity index is 976. The minimum Gasteiger partial charge on any atom is -0.497 e. The highest BCUT2D eigenvalue weighted by Gasteiger charge is 2.33. The van der Waals surface area contributed by atoms with Crippen molar-refractivity contribution in [2.45, 2.75) is 25.8 Å². The molecule has 7 heteroatoms. The van der Waals surface area contributed by atoms with Crippen LogP contribution in [-0.2, 0) is 17.8 Å². The molecule has 0 unspecified atom stereocenters. The zero-order chi connectivity index (χ0) is 20.9. The fourth-order valence-corrected chi connectivity index (χ4v) is 3.30. The molecule has 0 bridgehead atoms. The summed E-state index contributed by atoms with van der Waals surface area (Å²) in [6, 6.07) is 15.5. The van der Waals surface area contributed by atoms with E-state index < -0.39 is 0 Å². The first-order chi connectivity index (χ1) is 14.7. The molecule has 1 heterocycles. The van der Waals surface area contributed by atoms with Crippen LogP contribution < -0.4 is 9.47 Å². The summed E-state index contributed by atoms with van der Waals surface area (Å²) in [4.78, 5) is 19.1. The quantitative estimate of drug-likeness (QED) is 0.538. The van der Waals surface area contributed by atoms with Gasteiger partial charge < -0.3 is 18.9 Å². The number of carbonyl (C=O) groups excluding carboxylic acids is 1. The molecule has 0 N–H and O–H groups in total. The molecule has 2 aromatic carbocycles. The Morgan fingerprint density at radius 2 is 1.80 bits per heavy atom. The lowest BCUT2D eigenvalue weighted by Crippen LogP contribution is -2.33. The highest BCUT2D eigenvalue weighted by atomic mass is 16.5. The van der Waals surface area contributed by atoms with E-state index in [1.807, 2.05) is 47.4 Å². The summed E-state index contributed by atoms with van der Waals surface area (Å²) in [6.07, 6.45) is 2.46. The van der Waals surface area contributed by atoms with Gasteiger partial charge in [0.25, 0.3) is 0 Å². The second-order valence-electron chi connectivity index (χ2n) is 7.38. The lowest BCUT2D eigenvalue weighted by atomic mass is 10.2. The second-order valence-corrected chi connectivity index (χ2v) is 7.38. The smallest absolute Gasteiger partial charge is 0.228 e. The highest BCUT2D eigenvalue weighted by Crippen LogP contribution is 2.32. The number of ether oxygens (including phenoxy) is 2. The van der Waals surface area contributed by atoms with Crippen molar-refractivity contribution in [1.82, 2.24) is 15.0 Å². The molecular weight excluding hydrogens is 382 g/mol. The third kappa shape index (κ3) is 4.79. The molecule has 0 atom stereocenters. The lowest BCUT2D eigenvalue weighted by molar-refractivity contribution is -0.133. The van der Waals surface area contributed by atoms with Crippen molar-refractivity contribution in [2.24, 2.45) is 5.92 Å². The first kappa shape index (κ1) is 19.9. The van der Waals surface area contributed by atoms with Crippen molar-refractivity contribution < 1.29 is 18.8 Å². The van der Waals surface area contributed by atoms with Gasteiger partial charge in [0.15, 0.2) is 0 Å².